The van der Waals surface area contributed by atoms with Gasteiger partial charge in [0.15, 0.2) is 0 Å². The number of likely N-dealkylation sites (N-methyl/N-ethyl adjacent to an activating group) is 1. The van der Waals surface area contributed by atoms with E-state index in [-0.39, 0.29) is 18.0 Å². The number of hydrogen-bond acceptors (Lipinski definition) is 2. The van der Waals surface area contributed by atoms with Crippen LogP contribution in [-0.2, 0) is 4.79 Å². The molecule has 0 saturated heterocycles. The highest BCUT2D eigenvalue weighted by atomic mass is 16.2. The third-order valence-electron chi connectivity index (χ3n) is 3.63. The fourth-order valence-electron chi connectivity index (χ4n) is 2.65. The van der Waals surface area contributed by atoms with E-state index in [4.69, 9.17) is 0 Å². The Bertz CT molecular complexity index is 606. The van der Waals surface area contributed by atoms with Crippen LogP contribution in [0.5, 0.6) is 0 Å². The summed E-state index contributed by atoms with van der Waals surface area (Å²) in [5.74, 6) is -0.0317. The number of rotatable bonds is 1. The highest BCUT2D eigenvalue weighted by molar-refractivity contribution is 6.01. The van der Waals surface area contributed by atoms with E-state index in [1.807, 2.05) is 31.2 Å². The fourth-order valence-corrected chi connectivity index (χ4v) is 2.65. The van der Waals surface area contributed by atoms with Gasteiger partial charge in [0, 0.05) is 7.05 Å². The summed E-state index contributed by atoms with van der Waals surface area (Å²) in [6.07, 6.45) is 0. The Morgan fingerprint density at radius 3 is 2.74 bits per heavy atom. The Morgan fingerprint density at radius 1 is 1.26 bits per heavy atom. The first kappa shape index (κ1) is 11.8. The molecule has 0 aromatic heterocycles. The van der Waals surface area contributed by atoms with Gasteiger partial charge in [0.05, 0.1) is 23.9 Å². The highest BCUT2D eigenvalue weighted by Crippen LogP contribution is 2.32. The van der Waals surface area contributed by atoms with Crippen LogP contribution in [0.25, 0.3) is 0 Å². The molecule has 0 saturated carbocycles. The average molecular weight is 257 g/mol. The zero-order chi connectivity index (χ0) is 13.6. The number of benzene rings is 1. The van der Waals surface area contributed by atoms with Gasteiger partial charge in [-0.15, -0.1) is 0 Å². The van der Waals surface area contributed by atoms with Crippen LogP contribution in [0.4, 0.5) is 4.79 Å². The Kier molecular flexibility index (Phi) is 2.55. The lowest BCUT2D eigenvalue weighted by atomic mass is 9.93. The molecule has 5 nitrogen and oxygen atoms in total. The van der Waals surface area contributed by atoms with Gasteiger partial charge in [-0.25, -0.2) is 4.79 Å². The predicted molar refractivity (Wildman–Crippen MR) is 70.3 cm³/mol. The maximum Gasteiger partial charge on any atom is 0.319 e. The minimum absolute atomic E-state index is 0.0317. The quantitative estimate of drug-likeness (QED) is 0.790. The molecule has 0 bridgehead atoms. The van der Waals surface area contributed by atoms with Crippen LogP contribution in [0, 0.1) is 6.92 Å². The summed E-state index contributed by atoms with van der Waals surface area (Å²) in [5.41, 5.74) is 3.39. The van der Waals surface area contributed by atoms with Gasteiger partial charge in [-0.05, 0) is 18.1 Å². The van der Waals surface area contributed by atoms with Gasteiger partial charge >= 0.3 is 6.03 Å². The molecule has 0 spiro atoms. The third kappa shape index (κ3) is 1.78. The second-order valence-electron chi connectivity index (χ2n) is 4.94. The van der Waals surface area contributed by atoms with Crippen LogP contribution in [0.1, 0.15) is 17.2 Å². The number of nitrogens with one attached hydrogen (secondary N) is 2. The molecule has 98 valence electrons. The molecule has 2 N–H and O–H groups in total. The Labute approximate surface area is 111 Å². The van der Waals surface area contributed by atoms with E-state index in [1.165, 1.54) is 0 Å². The Morgan fingerprint density at radius 2 is 2.00 bits per heavy atom. The molecule has 19 heavy (non-hydrogen) atoms. The maximum absolute atomic E-state index is 12.2. The number of amides is 3. The van der Waals surface area contributed by atoms with E-state index in [2.05, 4.69) is 10.6 Å². The van der Waals surface area contributed by atoms with Crippen molar-refractivity contribution in [3.8, 4) is 0 Å². The van der Waals surface area contributed by atoms with Crippen molar-refractivity contribution in [2.45, 2.75) is 13.0 Å². The number of carbonyl (C=O) groups is 2. The first-order chi connectivity index (χ1) is 9.08. The molecule has 5 heteroatoms. The monoisotopic (exact) mass is 257 g/mol. The third-order valence-corrected chi connectivity index (χ3v) is 3.63. The molecule has 0 fully saturated rings. The van der Waals surface area contributed by atoms with Crippen molar-refractivity contribution in [3.05, 3.63) is 46.7 Å². The number of aryl methyl sites for hydroxylation is 1. The van der Waals surface area contributed by atoms with Crippen molar-refractivity contribution in [1.29, 1.82) is 0 Å². The Balaban J connectivity index is 2.10. The molecule has 3 amide bonds. The lowest BCUT2D eigenvalue weighted by molar-refractivity contribution is -0.124. The standard InChI is InChI=1S/C14H15N3O2/c1-8-5-3-4-6-9(8)12-11-10(15-14(19)16-12)7-17(2)13(11)18/h3-6,12H,7H2,1-2H3,(H2,15,16,19)/t12-/m1/s1. The van der Waals surface area contributed by atoms with Crippen LogP contribution >= 0.6 is 0 Å². The van der Waals surface area contributed by atoms with Crippen LogP contribution in [0.15, 0.2) is 35.5 Å². The molecule has 2 heterocycles. The summed E-state index contributed by atoms with van der Waals surface area (Å²) >= 11 is 0. The second kappa shape index (κ2) is 4.12. The fraction of sp³-hybridized carbons (Fsp3) is 0.286. The van der Waals surface area contributed by atoms with E-state index in [1.54, 1.807) is 11.9 Å². The summed E-state index contributed by atoms with van der Waals surface area (Å²) in [7, 11) is 1.74. The van der Waals surface area contributed by atoms with Crippen LogP contribution in [0.2, 0.25) is 0 Å². The number of urea groups is 1. The second-order valence-corrected chi connectivity index (χ2v) is 4.94. The van der Waals surface area contributed by atoms with Crippen molar-refractivity contribution in [2.75, 3.05) is 13.6 Å². The van der Waals surface area contributed by atoms with E-state index in [9.17, 15) is 9.59 Å². The van der Waals surface area contributed by atoms with Gasteiger partial charge in [0.2, 0.25) is 0 Å². The van der Waals surface area contributed by atoms with E-state index >= 15 is 0 Å². The molecule has 3 rings (SSSR count). The van der Waals surface area contributed by atoms with Crippen LogP contribution < -0.4 is 10.6 Å². The van der Waals surface area contributed by atoms with Crippen LogP contribution in [0.3, 0.4) is 0 Å². The van der Waals surface area contributed by atoms with Gasteiger partial charge in [-0.1, -0.05) is 24.3 Å². The van der Waals surface area contributed by atoms with Gasteiger partial charge < -0.3 is 15.5 Å². The molecule has 1 atom stereocenters. The summed E-state index contributed by atoms with van der Waals surface area (Å²) < 4.78 is 0. The molecule has 0 aliphatic carbocycles. The number of nitrogens with zero attached hydrogens (tertiary/aromatic N) is 1. The first-order valence-corrected chi connectivity index (χ1v) is 6.19. The summed E-state index contributed by atoms with van der Waals surface area (Å²) in [4.78, 5) is 25.6. The number of hydrogen-bond donors (Lipinski definition) is 2. The van der Waals surface area contributed by atoms with E-state index in [0.29, 0.717) is 17.8 Å². The lowest BCUT2D eigenvalue weighted by Crippen LogP contribution is -2.44. The van der Waals surface area contributed by atoms with Gasteiger partial charge in [-0.2, -0.15) is 0 Å². The molecule has 2 aliphatic rings. The molecule has 0 unspecified atom stereocenters. The van der Waals surface area contributed by atoms with Crippen molar-refractivity contribution in [1.82, 2.24) is 15.5 Å². The zero-order valence-corrected chi connectivity index (χ0v) is 10.9. The highest BCUT2D eigenvalue weighted by Gasteiger charge is 2.39. The SMILES string of the molecule is Cc1ccccc1[C@H]1NC(=O)NC2=C1C(=O)N(C)C2. The van der Waals surface area contributed by atoms with Crippen molar-refractivity contribution in [3.63, 3.8) is 0 Å². The normalized spacial score (nSPS) is 22.2. The van der Waals surface area contributed by atoms with Crippen LogP contribution in [-0.4, -0.2) is 30.4 Å². The largest absolute Gasteiger partial charge is 0.336 e. The smallest absolute Gasteiger partial charge is 0.319 e. The first-order valence-electron chi connectivity index (χ1n) is 6.19. The van der Waals surface area contributed by atoms with Crippen molar-refractivity contribution in [2.24, 2.45) is 0 Å². The predicted octanol–water partition coefficient (Wildman–Crippen LogP) is 1.08. The van der Waals surface area contributed by atoms with E-state index < -0.39 is 0 Å². The lowest BCUT2D eigenvalue weighted by Gasteiger charge is -2.26. The van der Waals surface area contributed by atoms with Crippen molar-refractivity contribution >= 4 is 11.9 Å². The maximum atomic E-state index is 12.2. The summed E-state index contributed by atoms with van der Waals surface area (Å²) in [5, 5.41) is 5.57. The molecule has 1 aromatic rings. The number of carbonyl (C=O) groups excluding carboxylic acids is 2. The molecular formula is C14H15N3O2. The summed E-state index contributed by atoms with van der Waals surface area (Å²) in [6, 6.07) is 7.17. The minimum atomic E-state index is -0.359. The topological polar surface area (TPSA) is 61.4 Å². The molecule has 2 aliphatic heterocycles. The van der Waals surface area contributed by atoms with Gasteiger partial charge in [0.1, 0.15) is 0 Å². The van der Waals surface area contributed by atoms with Gasteiger partial charge in [-0.3, -0.25) is 4.79 Å². The molecule has 1 aromatic carbocycles. The van der Waals surface area contributed by atoms with Crippen molar-refractivity contribution < 1.29 is 9.59 Å². The zero-order valence-electron chi connectivity index (χ0n) is 10.9. The minimum Gasteiger partial charge on any atom is -0.336 e. The Hall–Kier alpha value is -2.30. The van der Waals surface area contributed by atoms with Gasteiger partial charge in [0.25, 0.3) is 5.91 Å². The molecular weight excluding hydrogens is 242 g/mol. The summed E-state index contributed by atoms with van der Waals surface area (Å²) in [6.45, 7) is 2.44. The van der Waals surface area contributed by atoms with E-state index in [0.717, 1.165) is 11.1 Å². The average Bonchev–Trinajstić information content (AvgIpc) is 2.64. The molecule has 0 radical (unpaired) electrons.